The molecule has 0 radical (unpaired) electrons. The van der Waals surface area contributed by atoms with Crippen molar-refractivity contribution >= 4 is 17.3 Å². The van der Waals surface area contributed by atoms with Crippen LogP contribution in [0.15, 0.2) is 59.0 Å². The molecule has 1 amide bonds. The third kappa shape index (κ3) is 3.96. The van der Waals surface area contributed by atoms with Crippen molar-refractivity contribution in [1.82, 2.24) is 9.88 Å². The van der Waals surface area contributed by atoms with Gasteiger partial charge in [0.25, 0.3) is 5.91 Å². The Bertz CT molecular complexity index is 1020. The highest BCUT2D eigenvalue weighted by Crippen LogP contribution is 2.43. The molecule has 1 saturated heterocycles. The molecule has 0 unspecified atom stereocenters. The second-order valence-electron chi connectivity index (χ2n) is 8.16. The lowest BCUT2D eigenvalue weighted by atomic mass is 10.2. The fourth-order valence-corrected chi connectivity index (χ4v) is 3.83. The second kappa shape index (κ2) is 7.95. The van der Waals surface area contributed by atoms with Gasteiger partial charge in [-0.3, -0.25) is 4.79 Å². The molecule has 1 saturated carbocycles. The number of hydrogen-bond donors (Lipinski definition) is 1. The van der Waals surface area contributed by atoms with Crippen molar-refractivity contribution in [2.24, 2.45) is 0 Å². The Balaban J connectivity index is 1.32. The zero-order valence-electron chi connectivity index (χ0n) is 17.2. The zero-order valence-corrected chi connectivity index (χ0v) is 17.2. The van der Waals surface area contributed by atoms with Gasteiger partial charge in [-0.1, -0.05) is 18.2 Å². The summed E-state index contributed by atoms with van der Waals surface area (Å²) >= 11 is 0. The molecule has 2 aromatic carbocycles. The van der Waals surface area contributed by atoms with E-state index >= 15 is 0 Å². The summed E-state index contributed by atoms with van der Waals surface area (Å²) in [5.41, 5.74) is 3.24. The van der Waals surface area contributed by atoms with Crippen LogP contribution in [0, 0.1) is 0 Å². The molecule has 154 valence electrons. The van der Waals surface area contributed by atoms with Gasteiger partial charge in [0.15, 0.2) is 5.69 Å². The van der Waals surface area contributed by atoms with Gasteiger partial charge in [-0.2, -0.15) is 0 Å². The number of piperazine rings is 1. The minimum atomic E-state index is -0.213. The number of carbonyl (C=O) groups excluding carboxylic acids is 1. The van der Waals surface area contributed by atoms with Crippen molar-refractivity contribution in [3.05, 3.63) is 66.1 Å². The van der Waals surface area contributed by atoms with E-state index in [4.69, 9.17) is 4.42 Å². The van der Waals surface area contributed by atoms with E-state index < -0.39 is 0 Å². The summed E-state index contributed by atoms with van der Waals surface area (Å²) in [4.78, 5) is 22.2. The predicted molar refractivity (Wildman–Crippen MR) is 118 cm³/mol. The maximum Gasteiger partial charge on any atom is 0.277 e. The molecular weight excluding hydrogens is 376 g/mol. The molecular formula is C24H26N4O2. The van der Waals surface area contributed by atoms with E-state index in [0.717, 1.165) is 50.3 Å². The lowest BCUT2D eigenvalue weighted by molar-refractivity contribution is 0.102. The lowest BCUT2D eigenvalue weighted by Crippen LogP contribution is -2.44. The van der Waals surface area contributed by atoms with Crippen LogP contribution in [0.4, 0.5) is 11.4 Å². The van der Waals surface area contributed by atoms with Crippen molar-refractivity contribution in [3.8, 4) is 11.5 Å². The standard InChI is InChI=1S/C24H26N4O2/c1-27-13-15-28(16-14-27)20-11-9-19(10-12-20)25-23(29)21-22(17-7-8-17)30-24(26-21)18-5-3-2-4-6-18/h2-6,9-12,17H,7-8,13-16H2,1H3,(H,25,29). The van der Waals surface area contributed by atoms with Crippen LogP contribution in [0.2, 0.25) is 0 Å². The average molecular weight is 402 g/mol. The van der Waals surface area contributed by atoms with Crippen molar-refractivity contribution in [2.75, 3.05) is 43.4 Å². The van der Waals surface area contributed by atoms with Crippen LogP contribution < -0.4 is 10.2 Å². The largest absolute Gasteiger partial charge is 0.440 e. The van der Waals surface area contributed by atoms with Gasteiger partial charge in [-0.05, 0) is 56.3 Å². The van der Waals surface area contributed by atoms with Gasteiger partial charge in [-0.25, -0.2) is 4.98 Å². The van der Waals surface area contributed by atoms with Gasteiger partial charge < -0.3 is 19.5 Å². The molecule has 3 aromatic rings. The number of aromatic nitrogens is 1. The van der Waals surface area contributed by atoms with Crippen LogP contribution in [0.1, 0.15) is 35.0 Å². The smallest absolute Gasteiger partial charge is 0.277 e. The van der Waals surface area contributed by atoms with Crippen LogP contribution in [-0.2, 0) is 0 Å². The molecule has 2 heterocycles. The van der Waals surface area contributed by atoms with Gasteiger partial charge >= 0.3 is 0 Å². The van der Waals surface area contributed by atoms with E-state index in [2.05, 4.69) is 39.3 Å². The summed E-state index contributed by atoms with van der Waals surface area (Å²) in [6.07, 6.45) is 2.09. The molecule has 1 aromatic heterocycles. The number of nitrogens with zero attached hydrogens (tertiary/aromatic N) is 3. The first-order valence-corrected chi connectivity index (χ1v) is 10.6. The Labute approximate surface area is 176 Å². The zero-order chi connectivity index (χ0) is 20.5. The fraction of sp³-hybridized carbons (Fsp3) is 0.333. The number of benzene rings is 2. The van der Waals surface area contributed by atoms with Gasteiger partial charge in [-0.15, -0.1) is 0 Å². The van der Waals surface area contributed by atoms with Crippen LogP contribution >= 0.6 is 0 Å². The third-order valence-corrected chi connectivity index (χ3v) is 5.83. The summed E-state index contributed by atoms with van der Waals surface area (Å²) in [6.45, 7) is 4.18. The van der Waals surface area contributed by atoms with Gasteiger partial charge in [0.2, 0.25) is 5.89 Å². The number of carbonyl (C=O) groups is 1. The van der Waals surface area contributed by atoms with E-state index in [1.54, 1.807) is 0 Å². The van der Waals surface area contributed by atoms with Crippen molar-refractivity contribution in [1.29, 1.82) is 0 Å². The number of oxazole rings is 1. The van der Waals surface area contributed by atoms with Gasteiger partial charge in [0, 0.05) is 49.0 Å². The summed E-state index contributed by atoms with van der Waals surface area (Å²) in [6, 6.07) is 17.8. The third-order valence-electron chi connectivity index (χ3n) is 5.83. The van der Waals surface area contributed by atoms with Crippen molar-refractivity contribution in [3.63, 3.8) is 0 Å². The van der Waals surface area contributed by atoms with Crippen LogP contribution in [-0.4, -0.2) is 49.0 Å². The first-order chi connectivity index (χ1) is 14.7. The average Bonchev–Trinajstić information content (AvgIpc) is 3.53. The van der Waals surface area contributed by atoms with E-state index in [1.165, 1.54) is 5.69 Å². The first kappa shape index (κ1) is 18.9. The molecule has 2 fully saturated rings. The molecule has 1 aliphatic carbocycles. The van der Waals surface area contributed by atoms with Crippen LogP contribution in [0.25, 0.3) is 11.5 Å². The molecule has 5 rings (SSSR count). The Kier molecular flexibility index (Phi) is 5.01. The van der Waals surface area contributed by atoms with E-state index in [9.17, 15) is 4.79 Å². The number of nitrogens with one attached hydrogen (secondary N) is 1. The van der Waals surface area contributed by atoms with E-state index in [1.807, 2.05) is 42.5 Å². The molecule has 6 heteroatoms. The molecule has 6 nitrogen and oxygen atoms in total. The van der Waals surface area contributed by atoms with Crippen LogP contribution in [0.3, 0.4) is 0 Å². The van der Waals surface area contributed by atoms with Gasteiger partial charge in [0.05, 0.1) is 0 Å². The predicted octanol–water partition coefficient (Wildman–Crippen LogP) is 4.22. The number of likely N-dealkylation sites (N-methyl/N-ethyl adjacent to an activating group) is 1. The molecule has 0 bridgehead atoms. The second-order valence-corrected chi connectivity index (χ2v) is 8.16. The first-order valence-electron chi connectivity index (χ1n) is 10.6. The Hall–Kier alpha value is -3.12. The number of hydrogen-bond acceptors (Lipinski definition) is 5. The SMILES string of the molecule is CN1CCN(c2ccc(NC(=O)c3nc(-c4ccccc4)oc3C3CC3)cc2)CC1. The maximum atomic E-state index is 13.0. The minimum Gasteiger partial charge on any atom is -0.440 e. The minimum absolute atomic E-state index is 0.213. The van der Waals surface area contributed by atoms with E-state index in [-0.39, 0.29) is 5.91 Å². The normalized spacial score (nSPS) is 17.2. The quantitative estimate of drug-likeness (QED) is 0.692. The summed E-state index contributed by atoms with van der Waals surface area (Å²) < 4.78 is 6.01. The molecule has 2 aliphatic rings. The molecule has 1 N–H and O–H groups in total. The number of amides is 1. The summed E-state index contributed by atoms with van der Waals surface area (Å²) in [5.74, 6) is 1.30. The molecule has 1 aliphatic heterocycles. The highest BCUT2D eigenvalue weighted by Gasteiger charge is 2.34. The monoisotopic (exact) mass is 402 g/mol. The fourth-order valence-electron chi connectivity index (χ4n) is 3.83. The molecule has 0 atom stereocenters. The molecule has 30 heavy (non-hydrogen) atoms. The number of anilines is 2. The Morgan fingerprint density at radius 2 is 1.70 bits per heavy atom. The maximum absolute atomic E-state index is 13.0. The highest BCUT2D eigenvalue weighted by molar-refractivity contribution is 6.04. The van der Waals surface area contributed by atoms with Gasteiger partial charge in [0.1, 0.15) is 5.76 Å². The molecule has 0 spiro atoms. The Morgan fingerprint density at radius 3 is 2.37 bits per heavy atom. The van der Waals surface area contributed by atoms with E-state index in [0.29, 0.717) is 23.3 Å². The highest BCUT2D eigenvalue weighted by atomic mass is 16.4. The van der Waals surface area contributed by atoms with Crippen molar-refractivity contribution in [2.45, 2.75) is 18.8 Å². The number of rotatable bonds is 5. The summed E-state index contributed by atoms with van der Waals surface area (Å²) in [7, 11) is 2.15. The van der Waals surface area contributed by atoms with Crippen LogP contribution in [0.5, 0.6) is 0 Å². The Morgan fingerprint density at radius 1 is 1.00 bits per heavy atom. The topological polar surface area (TPSA) is 61.6 Å². The summed E-state index contributed by atoms with van der Waals surface area (Å²) in [5, 5.41) is 3.00. The van der Waals surface area contributed by atoms with Crippen molar-refractivity contribution < 1.29 is 9.21 Å². The lowest BCUT2D eigenvalue weighted by Gasteiger charge is -2.34.